The Kier molecular flexibility index (Phi) is 2.96. The molecule has 0 fully saturated rings. The lowest BCUT2D eigenvalue weighted by Gasteiger charge is -2.10. The largest absolute Gasteiger partial charge is 0.304 e. The molecule has 0 bridgehead atoms. The second kappa shape index (κ2) is 4.60. The van der Waals surface area contributed by atoms with Crippen molar-refractivity contribution in [2.45, 2.75) is 19.5 Å². The quantitative estimate of drug-likeness (QED) is 0.782. The van der Waals surface area contributed by atoms with Crippen LogP contribution >= 0.6 is 22.7 Å². The van der Waals surface area contributed by atoms with E-state index in [4.69, 9.17) is 0 Å². The average Bonchev–Trinajstić information content (AvgIpc) is 3.01. The molecule has 1 atom stereocenters. The van der Waals surface area contributed by atoms with Gasteiger partial charge in [0.1, 0.15) is 0 Å². The molecule has 17 heavy (non-hydrogen) atoms. The number of thiazole rings is 1. The van der Waals surface area contributed by atoms with Crippen molar-refractivity contribution >= 4 is 27.6 Å². The molecule has 0 saturated heterocycles. The van der Waals surface area contributed by atoms with Gasteiger partial charge in [0.2, 0.25) is 0 Å². The lowest BCUT2D eigenvalue weighted by Crippen LogP contribution is -2.17. The van der Waals surface area contributed by atoms with E-state index in [1.165, 1.54) is 4.88 Å². The maximum Gasteiger partial charge on any atom is 0.193 e. The zero-order chi connectivity index (χ0) is 11.7. The molecule has 0 aliphatic carbocycles. The van der Waals surface area contributed by atoms with E-state index in [0.29, 0.717) is 6.04 Å². The van der Waals surface area contributed by atoms with Gasteiger partial charge in [-0.15, -0.1) is 22.7 Å². The topological polar surface area (TPSA) is 29.3 Å². The standard InChI is InChI=1S/C12H13N3S2/c1-9(11-3-2-5-16-11)13-7-10-8-15-4-6-17-12(15)14-10/h2-6,8-9,13H,7H2,1H3/t9-/m1/s1. The molecule has 0 aromatic carbocycles. The van der Waals surface area contributed by atoms with Crippen LogP contribution in [0.25, 0.3) is 4.96 Å². The number of hydrogen-bond donors (Lipinski definition) is 1. The van der Waals surface area contributed by atoms with Gasteiger partial charge in [-0.25, -0.2) is 4.98 Å². The van der Waals surface area contributed by atoms with Gasteiger partial charge in [-0.1, -0.05) is 6.07 Å². The Hall–Kier alpha value is -1.17. The van der Waals surface area contributed by atoms with Crippen molar-refractivity contribution in [3.63, 3.8) is 0 Å². The number of nitrogens with one attached hydrogen (secondary N) is 1. The van der Waals surface area contributed by atoms with Gasteiger partial charge in [0.05, 0.1) is 5.69 Å². The van der Waals surface area contributed by atoms with Crippen LogP contribution in [0.15, 0.2) is 35.3 Å². The molecule has 0 amide bonds. The maximum atomic E-state index is 4.55. The number of rotatable bonds is 4. The van der Waals surface area contributed by atoms with Crippen LogP contribution in [0.3, 0.4) is 0 Å². The summed E-state index contributed by atoms with van der Waals surface area (Å²) in [5.74, 6) is 0. The molecule has 3 heterocycles. The van der Waals surface area contributed by atoms with Gasteiger partial charge in [0, 0.05) is 35.2 Å². The maximum absolute atomic E-state index is 4.55. The van der Waals surface area contributed by atoms with E-state index in [0.717, 1.165) is 17.2 Å². The Morgan fingerprint density at radius 2 is 2.35 bits per heavy atom. The molecule has 0 saturated carbocycles. The van der Waals surface area contributed by atoms with Crippen LogP contribution in [0.5, 0.6) is 0 Å². The van der Waals surface area contributed by atoms with Crippen molar-refractivity contribution < 1.29 is 0 Å². The van der Waals surface area contributed by atoms with Crippen LogP contribution in [-0.4, -0.2) is 9.38 Å². The van der Waals surface area contributed by atoms with Gasteiger partial charge in [0.15, 0.2) is 4.96 Å². The highest BCUT2D eigenvalue weighted by Gasteiger charge is 2.07. The van der Waals surface area contributed by atoms with Crippen molar-refractivity contribution in [3.05, 3.63) is 45.9 Å². The molecule has 0 radical (unpaired) electrons. The van der Waals surface area contributed by atoms with Crippen molar-refractivity contribution in [2.75, 3.05) is 0 Å². The van der Waals surface area contributed by atoms with Crippen molar-refractivity contribution in [1.29, 1.82) is 0 Å². The van der Waals surface area contributed by atoms with Crippen LogP contribution in [0.1, 0.15) is 23.5 Å². The number of fused-ring (bicyclic) bond motifs is 1. The van der Waals surface area contributed by atoms with E-state index < -0.39 is 0 Å². The summed E-state index contributed by atoms with van der Waals surface area (Å²) in [6.45, 7) is 3.00. The van der Waals surface area contributed by atoms with E-state index >= 15 is 0 Å². The van der Waals surface area contributed by atoms with Gasteiger partial charge in [0.25, 0.3) is 0 Å². The van der Waals surface area contributed by atoms with Gasteiger partial charge >= 0.3 is 0 Å². The summed E-state index contributed by atoms with van der Waals surface area (Å²) < 4.78 is 2.07. The van der Waals surface area contributed by atoms with Crippen molar-refractivity contribution in [1.82, 2.24) is 14.7 Å². The van der Waals surface area contributed by atoms with E-state index in [9.17, 15) is 0 Å². The van der Waals surface area contributed by atoms with E-state index in [1.807, 2.05) is 11.6 Å². The molecule has 3 nitrogen and oxygen atoms in total. The number of aromatic nitrogens is 2. The number of hydrogen-bond acceptors (Lipinski definition) is 4. The Labute approximate surface area is 108 Å². The van der Waals surface area contributed by atoms with E-state index in [2.05, 4.69) is 45.3 Å². The first-order chi connectivity index (χ1) is 8.33. The van der Waals surface area contributed by atoms with Gasteiger partial charge in [-0.2, -0.15) is 0 Å². The molecule has 5 heteroatoms. The Morgan fingerprint density at radius 3 is 3.12 bits per heavy atom. The first-order valence-electron chi connectivity index (χ1n) is 5.51. The second-order valence-electron chi connectivity index (χ2n) is 3.94. The van der Waals surface area contributed by atoms with Crippen LogP contribution in [0.4, 0.5) is 0 Å². The Morgan fingerprint density at radius 1 is 1.41 bits per heavy atom. The molecule has 0 spiro atoms. The normalized spacial score (nSPS) is 13.2. The van der Waals surface area contributed by atoms with E-state index in [-0.39, 0.29) is 0 Å². The van der Waals surface area contributed by atoms with Crippen LogP contribution < -0.4 is 5.32 Å². The molecule has 3 aromatic heterocycles. The molecular formula is C12H13N3S2. The second-order valence-corrected chi connectivity index (χ2v) is 5.80. The highest BCUT2D eigenvalue weighted by atomic mass is 32.1. The smallest absolute Gasteiger partial charge is 0.193 e. The molecule has 1 N–H and O–H groups in total. The third kappa shape index (κ3) is 2.26. The molecule has 88 valence electrons. The summed E-state index contributed by atoms with van der Waals surface area (Å²) in [5.41, 5.74) is 1.10. The van der Waals surface area contributed by atoms with Crippen LogP contribution in [0.2, 0.25) is 0 Å². The number of nitrogens with zero attached hydrogens (tertiary/aromatic N) is 2. The number of imidazole rings is 1. The highest BCUT2D eigenvalue weighted by molar-refractivity contribution is 7.15. The minimum Gasteiger partial charge on any atom is -0.304 e. The summed E-state index contributed by atoms with van der Waals surface area (Å²) in [6, 6.07) is 4.63. The lowest BCUT2D eigenvalue weighted by atomic mass is 10.2. The zero-order valence-electron chi connectivity index (χ0n) is 9.46. The van der Waals surface area contributed by atoms with E-state index in [1.54, 1.807) is 22.7 Å². The Balaban J connectivity index is 1.66. The van der Waals surface area contributed by atoms with Gasteiger partial charge in [-0.05, 0) is 18.4 Å². The summed E-state index contributed by atoms with van der Waals surface area (Å²) >= 11 is 3.45. The van der Waals surface area contributed by atoms with Gasteiger partial charge < -0.3 is 5.32 Å². The molecule has 3 rings (SSSR count). The number of thiophene rings is 1. The first kappa shape index (κ1) is 11.0. The van der Waals surface area contributed by atoms with Crippen molar-refractivity contribution in [2.24, 2.45) is 0 Å². The lowest BCUT2D eigenvalue weighted by molar-refractivity contribution is 0.577. The minimum atomic E-state index is 0.384. The monoisotopic (exact) mass is 263 g/mol. The summed E-state index contributed by atoms with van der Waals surface area (Å²) in [5, 5.41) is 7.65. The zero-order valence-corrected chi connectivity index (χ0v) is 11.1. The predicted molar refractivity (Wildman–Crippen MR) is 72.6 cm³/mol. The molecule has 3 aromatic rings. The molecule has 0 unspecified atom stereocenters. The minimum absolute atomic E-state index is 0.384. The molecular weight excluding hydrogens is 250 g/mol. The van der Waals surface area contributed by atoms with Crippen LogP contribution in [-0.2, 0) is 6.54 Å². The summed E-state index contributed by atoms with van der Waals surface area (Å²) in [6.07, 6.45) is 4.12. The van der Waals surface area contributed by atoms with Crippen molar-refractivity contribution in [3.8, 4) is 0 Å². The summed E-state index contributed by atoms with van der Waals surface area (Å²) in [7, 11) is 0. The fraction of sp³-hybridized carbons (Fsp3) is 0.250. The fourth-order valence-corrected chi connectivity index (χ4v) is 3.23. The average molecular weight is 263 g/mol. The third-order valence-corrected chi connectivity index (χ3v) is 4.53. The Bertz CT molecular complexity index is 566. The highest BCUT2D eigenvalue weighted by Crippen LogP contribution is 2.19. The third-order valence-electron chi connectivity index (χ3n) is 2.70. The predicted octanol–water partition coefficient (Wildman–Crippen LogP) is 3.31. The summed E-state index contributed by atoms with van der Waals surface area (Å²) in [4.78, 5) is 6.98. The molecule has 0 aliphatic heterocycles. The van der Waals surface area contributed by atoms with Gasteiger partial charge in [-0.3, -0.25) is 4.40 Å². The molecule has 0 aliphatic rings. The first-order valence-corrected chi connectivity index (χ1v) is 7.27. The SMILES string of the molecule is C[C@@H](NCc1cn2ccsc2n1)c1cccs1. The fourth-order valence-electron chi connectivity index (χ4n) is 1.76. The van der Waals surface area contributed by atoms with Crippen LogP contribution in [0, 0.1) is 0 Å².